The second-order valence-corrected chi connectivity index (χ2v) is 4.90. The standard InChI is InChI=1S/C16H17NO4/c1-9-10(2)21-11(3)14(9)15(18)17(4)13-8-6-5-7-12(13)16(19)20/h5-8H,1-4H3,(H,19,20). The number of aromatic carboxylic acids is 1. The van der Waals surface area contributed by atoms with Crippen LogP contribution < -0.4 is 4.90 Å². The molecule has 1 aromatic heterocycles. The topological polar surface area (TPSA) is 70.8 Å². The summed E-state index contributed by atoms with van der Waals surface area (Å²) in [5, 5.41) is 9.22. The summed E-state index contributed by atoms with van der Waals surface area (Å²) in [6, 6.07) is 6.41. The monoisotopic (exact) mass is 287 g/mol. The van der Waals surface area contributed by atoms with Crippen molar-refractivity contribution >= 4 is 17.6 Å². The zero-order valence-corrected chi connectivity index (χ0v) is 12.4. The number of hydrogen-bond donors (Lipinski definition) is 1. The first-order chi connectivity index (χ1) is 9.84. The highest BCUT2D eigenvalue weighted by Crippen LogP contribution is 2.26. The summed E-state index contributed by atoms with van der Waals surface area (Å²) >= 11 is 0. The van der Waals surface area contributed by atoms with Gasteiger partial charge < -0.3 is 14.4 Å². The lowest BCUT2D eigenvalue weighted by atomic mass is 10.1. The van der Waals surface area contributed by atoms with E-state index in [0.717, 1.165) is 5.56 Å². The first-order valence-corrected chi connectivity index (χ1v) is 6.51. The van der Waals surface area contributed by atoms with E-state index in [1.807, 2.05) is 6.92 Å². The van der Waals surface area contributed by atoms with Crippen LogP contribution in [0.3, 0.4) is 0 Å². The molecule has 0 aliphatic rings. The quantitative estimate of drug-likeness (QED) is 0.941. The van der Waals surface area contributed by atoms with Gasteiger partial charge in [0.2, 0.25) is 0 Å². The molecule has 2 aromatic rings. The minimum Gasteiger partial charge on any atom is -0.478 e. The van der Waals surface area contributed by atoms with Gasteiger partial charge in [-0.3, -0.25) is 4.79 Å². The van der Waals surface area contributed by atoms with Gasteiger partial charge in [-0.1, -0.05) is 12.1 Å². The fraction of sp³-hybridized carbons (Fsp3) is 0.250. The Labute approximate surface area is 122 Å². The van der Waals surface area contributed by atoms with Gasteiger partial charge >= 0.3 is 5.97 Å². The Morgan fingerprint density at radius 1 is 1.10 bits per heavy atom. The number of carbonyl (C=O) groups is 2. The van der Waals surface area contributed by atoms with E-state index in [0.29, 0.717) is 22.8 Å². The molecule has 0 fully saturated rings. The van der Waals surface area contributed by atoms with E-state index in [4.69, 9.17) is 4.42 Å². The van der Waals surface area contributed by atoms with E-state index in [2.05, 4.69) is 0 Å². The average Bonchev–Trinajstić information content (AvgIpc) is 2.70. The Morgan fingerprint density at radius 3 is 2.24 bits per heavy atom. The van der Waals surface area contributed by atoms with E-state index in [1.54, 1.807) is 39.1 Å². The predicted octanol–water partition coefficient (Wildman–Crippen LogP) is 3.18. The van der Waals surface area contributed by atoms with Crippen molar-refractivity contribution in [1.29, 1.82) is 0 Å². The van der Waals surface area contributed by atoms with Crippen molar-refractivity contribution in [2.24, 2.45) is 0 Å². The first-order valence-electron chi connectivity index (χ1n) is 6.51. The number of rotatable bonds is 3. The van der Waals surface area contributed by atoms with Crippen LogP contribution in [-0.4, -0.2) is 24.0 Å². The van der Waals surface area contributed by atoms with Crippen molar-refractivity contribution in [2.45, 2.75) is 20.8 Å². The van der Waals surface area contributed by atoms with Gasteiger partial charge in [0.05, 0.1) is 16.8 Å². The molecule has 1 aromatic carbocycles. The van der Waals surface area contributed by atoms with Crippen LogP contribution in [0.15, 0.2) is 28.7 Å². The molecule has 0 aliphatic carbocycles. The molecule has 5 heteroatoms. The molecule has 1 N–H and O–H groups in total. The fourth-order valence-corrected chi connectivity index (χ4v) is 2.33. The van der Waals surface area contributed by atoms with E-state index < -0.39 is 5.97 Å². The highest BCUT2D eigenvalue weighted by molar-refractivity contribution is 6.10. The van der Waals surface area contributed by atoms with Crippen LogP contribution in [0.5, 0.6) is 0 Å². The Hall–Kier alpha value is -2.56. The summed E-state index contributed by atoms with van der Waals surface area (Å²) < 4.78 is 5.47. The number of anilines is 1. The van der Waals surface area contributed by atoms with Crippen molar-refractivity contribution < 1.29 is 19.1 Å². The van der Waals surface area contributed by atoms with Gasteiger partial charge in [-0.2, -0.15) is 0 Å². The third-order valence-electron chi connectivity index (χ3n) is 3.58. The van der Waals surface area contributed by atoms with Gasteiger partial charge in [-0.25, -0.2) is 4.79 Å². The summed E-state index contributed by atoms with van der Waals surface area (Å²) in [6.07, 6.45) is 0. The highest BCUT2D eigenvalue weighted by atomic mass is 16.4. The minimum absolute atomic E-state index is 0.0869. The summed E-state index contributed by atoms with van der Waals surface area (Å²) in [5.74, 6) is -0.122. The van der Waals surface area contributed by atoms with Crippen LogP contribution in [0, 0.1) is 20.8 Å². The molecule has 0 atom stereocenters. The molecule has 0 unspecified atom stereocenters. The number of furan rings is 1. The van der Waals surface area contributed by atoms with E-state index in [9.17, 15) is 14.7 Å². The smallest absolute Gasteiger partial charge is 0.337 e. The number of hydrogen-bond acceptors (Lipinski definition) is 3. The van der Waals surface area contributed by atoms with Crippen LogP contribution in [0.1, 0.15) is 37.8 Å². The molecule has 110 valence electrons. The van der Waals surface area contributed by atoms with Gasteiger partial charge in [0.15, 0.2) is 0 Å². The summed E-state index contributed by atoms with van der Waals surface area (Å²) in [5.41, 5.74) is 1.70. The van der Waals surface area contributed by atoms with Crippen molar-refractivity contribution in [3.8, 4) is 0 Å². The average molecular weight is 287 g/mol. The number of nitrogens with zero attached hydrogens (tertiary/aromatic N) is 1. The van der Waals surface area contributed by atoms with E-state index in [1.165, 1.54) is 11.0 Å². The van der Waals surface area contributed by atoms with Crippen molar-refractivity contribution in [3.05, 3.63) is 52.5 Å². The summed E-state index contributed by atoms with van der Waals surface area (Å²) in [6.45, 7) is 5.34. The van der Waals surface area contributed by atoms with Gasteiger partial charge in [0.25, 0.3) is 5.91 Å². The number of para-hydroxylation sites is 1. The van der Waals surface area contributed by atoms with Crippen molar-refractivity contribution in [1.82, 2.24) is 0 Å². The lowest BCUT2D eigenvalue weighted by Gasteiger charge is -2.19. The van der Waals surface area contributed by atoms with Gasteiger partial charge in [0.1, 0.15) is 11.5 Å². The van der Waals surface area contributed by atoms with Gasteiger partial charge in [-0.05, 0) is 32.9 Å². The third-order valence-corrected chi connectivity index (χ3v) is 3.58. The highest BCUT2D eigenvalue weighted by Gasteiger charge is 2.24. The predicted molar refractivity (Wildman–Crippen MR) is 79.1 cm³/mol. The van der Waals surface area contributed by atoms with Gasteiger partial charge in [0, 0.05) is 12.6 Å². The molecule has 0 spiro atoms. The molecule has 0 bridgehead atoms. The van der Waals surface area contributed by atoms with Gasteiger partial charge in [-0.15, -0.1) is 0 Å². The molecule has 0 radical (unpaired) electrons. The lowest BCUT2D eigenvalue weighted by molar-refractivity contribution is 0.0697. The first kappa shape index (κ1) is 14.8. The maximum atomic E-state index is 12.6. The number of amides is 1. The molecule has 0 saturated heterocycles. The molecule has 5 nitrogen and oxygen atoms in total. The van der Waals surface area contributed by atoms with Crippen LogP contribution in [0.4, 0.5) is 5.69 Å². The molecule has 1 heterocycles. The lowest BCUT2D eigenvalue weighted by Crippen LogP contribution is -2.28. The van der Waals surface area contributed by atoms with Crippen LogP contribution >= 0.6 is 0 Å². The molecule has 1 amide bonds. The van der Waals surface area contributed by atoms with Crippen LogP contribution in [-0.2, 0) is 0 Å². The third kappa shape index (κ3) is 2.54. The largest absolute Gasteiger partial charge is 0.478 e. The zero-order chi connectivity index (χ0) is 15.7. The second kappa shape index (κ2) is 5.44. The van der Waals surface area contributed by atoms with E-state index >= 15 is 0 Å². The van der Waals surface area contributed by atoms with E-state index in [-0.39, 0.29) is 11.5 Å². The second-order valence-electron chi connectivity index (χ2n) is 4.90. The zero-order valence-electron chi connectivity index (χ0n) is 12.4. The molecular formula is C16H17NO4. The number of carbonyl (C=O) groups excluding carboxylic acids is 1. The Morgan fingerprint density at radius 2 is 1.71 bits per heavy atom. The SMILES string of the molecule is Cc1oc(C)c(C(=O)N(C)c2ccccc2C(=O)O)c1C. The number of benzene rings is 1. The Balaban J connectivity index is 2.47. The van der Waals surface area contributed by atoms with Crippen molar-refractivity contribution in [3.63, 3.8) is 0 Å². The summed E-state index contributed by atoms with van der Waals surface area (Å²) in [7, 11) is 1.56. The molecule has 21 heavy (non-hydrogen) atoms. The van der Waals surface area contributed by atoms with Crippen molar-refractivity contribution in [2.75, 3.05) is 11.9 Å². The Kier molecular flexibility index (Phi) is 3.84. The molecule has 0 saturated carbocycles. The molecule has 0 aliphatic heterocycles. The summed E-state index contributed by atoms with van der Waals surface area (Å²) in [4.78, 5) is 25.3. The number of aryl methyl sites for hydroxylation is 2. The fourth-order valence-electron chi connectivity index (χ4n) is 2.33. The normalized spacial score (nSPS) is 10.5. The number of carboxylic acids is 1. The van der Waals surface area contributed by atoms with Crippen LogP contribution in [0.25, 0.3) is 0 Å². The number of carboxylic acid groups (broad SMARTS) is 1. The minimum atomic E-state index is -1.07. The maximum absolute atomic E-state index is 12.6. The maximum Gasteiger partial charge on any atom is 0.337 e. The molecule has 2 rings (SSSR count). The van der Waals surface area contributed by atoms with Crippen LogP contribution in [0.2, 0.25) is 0 Å². The molecular weight excluding hydrogens is 270 g/mol. The Bertz CT molecular complexity index is 715.